The topological polar surface area (TPSA) is 35.9 Å². The maximum atomic E-state index is 10.1. The minimum Gasteiger partial charge on any atom is -0.510 e. The van der Waals surface area contributed by atoms with Crippen LogP contribution in [0.15, 0.2) is 182 Å². The average Bonchev–Trinajstić information content (AvgIpc) is 1.75. The van der Waals surface area contributed by atoms with E-state index in [2.05, 4.69) is 105 Å². The second-order valence-electron chi connectivity index (χ2n) is 22.5. The standard InChI is InChI=1S/C70H64N4O.Pt/c1-46(2)37-47-38-58(50-22-17-21-49(40-50)48-19-11-10-12-20-48)67(59(39-47)51-29-32-60-61(41-51)70(8,9)35-34-69(60,6)7)73-45-72(63-27-15-16-28-64(63)73)53-23-18-24-54(43-53)75-55-30-31-57-56-25-13-14-26-62(56)74(65(57)44-55)66-42-52(33-36-71-66)68(3,4)5;/h10-33,36,38-42,46H,34-35,37H2,1-9H3;/q-2;/i10D,11D,12D,13D,14D,17D,19D,20D,21D,22D,25D,26D,40D;. The zero-order valence-corrected chi connectivity index (χ0v) is 46.3. The third-order valence-corrected chi connectivity index (χ3v) is 14.7. The zero-order valence-electron chi connectivity index (χ0n) is 57.0. The molecule has 0 fully saturated rings. The molecular weight excluding hydrogens is 1110 g/mol. The number of benzene rings is 8. The van der Waals surface area contributed by atoms with Crippen LogP contribution in [-0.4, -0.2) is 14.1 Å². The van der Waals surface area contributed by atoms with Crippen LogP contribution in [0.3, 0.4) is 0 Å². The van der Waals surface area contributed by atoms with E-state index in [1.165, 1.54) is 11.1 Å². The van der Waals surface area contributed by atoms with Crippen molar-refractivity contribution in [3.8, 4) is 62.1 Å². The summed E-state index contributed by atoms with van der Waals surface area (Å²) in [6.45, 7) is 19.5. The number of hydrogen-bond acceptors (Lipinski definition) is 2. The number of rotatable bonds is 10. The molecule has 0 amide bonds. The van der Waals surface area contributed by atoms with Gasteiger partial charge in [0.2, 0.25) is 0 Å². The van der Waals surface area contributed by atoms with E-state index in [-0.39, 0.29) is 89.8 Å². The van der Waals surface area contributed by atoms with Crippen molar-refractivity contribution >= 4 is 32.8 Å². The Morgan fingerprint density at radius 2 is 1.38 bits per heavy atom. The summed E-state index contributed by atoms with van der Waals surface area (Å²) in [5.41, 5.74) is 7.79. The molecule has 8 aromatic carbocycles. The van der Waals surface area contributed by atoms with E-state index in [9.17, 15) is 5.48 Å². The molecule has 0 atom stereocenters. The molecule has 6 heteroatoms. The number of ether oxygens (including phenoxy) is 1. The van der Waals surface area contributed by atoms with Gasteiger partial charge in [0, 0.05) is 44.3 Å². The second kappa shape index (κ2) is 19.7. The van der Waals surface area contributed by atoms with Crippen molar-refractivity contribution in [2.75, 3.05) is 0 Å². The molecule has 5 nitrogen and oxygen atoms in total. The Hall–Kier alpha value is -7.33. The van der Waals surface area contributed by atoms with E-state index in [4.69, 9.17) is 22.1 Å². The van der Waals surface area contributed by atoms with Crippen LogP contribution in [0, 0.1) is 24.4 Å². The van der Waals surface area contributed by atoms with Gasteiger partial charge in [-0.2, -0.15) is 18.2 Å². The fourth-order valence-corrected chi connectivity index (χ4v) is 10.7. The summed E-state index contributed by atoms with van der Waals surface area (Å²) in [7, 11) is 0. The van der Waals surface area contributed by atoms with E-state index < -0.39 is 59.9 Å². The minimum absolute atomic E-state index is 0. The summed E-state index contributed by atoms with van der Waals surface area (Å²) in [4.78, 5) is 4.73. The first kappa shape index (κ1) is 37.4. The number of hydrogen-bond donors (Lipinski definition) is 0. The van der Waals surface area contributed by atoms with Gasteiger partial charge >= 0.3 is 0 Å². The van der Waals surface area contributed by atoms with Crippen LogP contribution in [0.1, 0.15) is 115 Å². The Bertz CT molecular complexity index is 4740. The summed E-state index contributed by atoms with van der Waals surface area (Å²) >= 11 is 0. The molecule has 1 aliphatic carbocycles. The molecule has 3 aromatic heterocycles. The third-order valence-electron chi connectivity index (χ3n) is 14.7. The SMILES string of the molecule is [2H]c1c([2H])c([2H])c(-c2c([2H])c([2H])c([2H])c(-c3cc(CC(C)C)cc(-c4ccc5c(c4)C(C)(C)CCC5(C)C)c3-[n+]3[c-]n(-c4[c-]c(Oc5[c-]c6c(cc5)c5c([2H])c([2H])c([2H])c([2H])c5n6-c5cc(C(C)(C)C)ccn5)ccc4)c4ccccc43)c2[2H])c([2H])c1[2H].[Pt]. The molecule has 76 heavy (non-hydrogen) atoms. The molecule has 0 radical (unpaired) electrons. The quantitative estimate of drug-likeness (QED) is 0.101. The molecule has 0 spiro atoms. The van der Waals surface area contributed by atoms with E-state index in [0.717, 1.165) is 35.1 Å². The maximum Gasteiger partial charge on any atom is 0.268 e. The number of pyridine rings is 1. The summed E-state index contributed by atoms with van der Waals surface area (Å²) in [5.74, 6) is 1.15. The van der Waals surface area contributed by atoms with Crippen LogP contribution >= 0.6 is 0 Å². The van der Waals surface area contributed by atoms with Crippen molar-refractivity contribution in [1.82, 2.24) is 14.1 Å². The van der Waals surface area contributed by atoms with Crippen LogP contribution in [-0.2, 0) is 43.7 Å². The Kier molecular flexibility index (Phi) is 9.68. The van der Waals surface area contributed by atoms with Gasteiger partial charge < -0.3 is 13.9 Å². The molecule has 382 valence electrons. The van der Waals surface area contributed by atoms with Gasteiger partial charge in [0.25, 0.3) is 6.33 Å². The predicted octanol–water partition coefficient (Wildman–Crippen LogP) is 17.4. The molecule has 1 aliphatic rings. The van der Waals surface area contributed by atoms with Crippen LogP contribution < -0.4 is 9.30 Å². The number of fused-ring (bicyclic) bond motifs is 5. The predicted molar refractivity (Wildman–Crippen MR) is 309 cm³/mol. The number of aromatic nitrogens is 4. The molecule has 0 unspecified atom stereocenters. The number of imidazole rings is 1. The molecule has 0 bridgehead atoms. The fourth-order valence-electron chi connectivity index (χ4n) is 10.7. The van der Waals surface area contributed by atoms with Crippen LogP contribution in [0.2, 0.25) is 0 Å². The van der Waals surface area contributed by atoms with Crippen LogP contribution in [0.4, 0.5) is 0 Å². The molecule has 3 heterocycles. The molecule has 0 saturated carbocycles. The molecule has 0 aliphatic heterocycles. The number of nitrogens with zero attached hydrogens (tertiary/aromatic N) is 4. The average molecular weight is 1190 g/mol. The third kappa shape index (κ3) is 9.32. The summed E-state index contributed by atoms with van der Waals surface area (Å²) in [6, 6.07) is 31.5. The van der Waals surface area contributed by atoms with Crippen molar-refractivity contribution in [1.29, 1.82) is 0 Å². The molecule has 0 saturated heterocycles. The van der Waals surface area contributed by atoms with E-state index in [0.29, 0.717) is 62.2 Å². The maximum absolute atomic E-state index is 10.1. The van der Waals surface area contributed by atoms with Gasteiger partial charge in [0.1, 0.15) is 5.82 Å². The normalized spacial score (nSPS) is 16.4. The van der Waals surface area contributed by atoms with E-state index in [1.807, 2.05) is 63.7 Å². The molecule has 12 rings (SSSR count). The van der Waals surface area contributed by atoms with Gasteiger partial charge in [0.15, 0.2) is 0 Å². The van der Waals surface area contributed by atoms with Crippen molar-refractivity contribution < 1.29 is 48.2 Å². The minimum atomic E-state index is -0.652. The first-order chi connectivity index (χ1) is 41.5. The van der Waals surface area contributed by atoms with Gasteiger partial charge in [-0.3, -0.25) is 4.57 Å². The summed E-state index contributed by atoms with van der Waals surface area (Å²) in [5, 5.41) is 0.853. The first-order valence-electron chi connectivity index (χ1n) is 32.1. The van der Waals surface area contributed by atoms with Crippen molar-refractivity contribution in [3.63, 3.8) is 0 Å². The zero-order chi connectivity index (χ0) is 63.1. The smallest absolute Gasteiger partial charge is 0.268 e. The Morgan fingerprint density at radius 3 is 2.17 bits per heavy atom. The molecular formula is C70H64N4OPt-2. The fraction of sp³-hybridized carbons (Fsp3) is 0.229. The largest absolute Gasteiger partial charge is 0.510 e. The van der Waals surface area contributed by atoms with Gasteiger partial charge in [-0.1, -0.05) is 189 Å². The monoisotopic (exact) mass is 1180 g/mol. The van der Waals surface area contributed by atoms with Crippen molar-refractivity contribution in [2.45, 2.75) is 97.8 Å². The molecule has 11 aromatic rings. The van der Waals surface area contributed by atoms with Gasteiger partial charge in [-0.25, -0.2) is 4.98 Å². The van der Waals surface area contributed by atoms with Gasteiger partial charge in [-0.15, -0.1) is 29.7 Å². The molecule has 0 N–H and O–H groups in total. The van der Waals surface area contributed by atoms with Crippen LogP contribution in [0.5, 0.6) is 11.5 Å². The van der Waals surface area contributed by atoms with Crippen LogP contribution in [0.25, 0.3) is 83.4 Å². The van der Waals surface area contributed by atoms with Gasteiger partial charge in [-0.05, 0) is 132 Å². The Balaban J connectivity index is 0.00000817. The Morgan fingerprint density at radius 1 is 0.671 bits per heavy atom. The Labute approximate surface area is 481 Å². The number of para-hydroxylation sites is 3. The first-order valence-corrected chi connectivity index (χ1v) is 25.6. The van der Waals surface area contributed by atoms with Crippen molar-refractivity contribution in [3.05, 3.63) is 223 Å². The van der Waals surface area contributed by atoms with E-state index in [1.54, 1.807) is 29.0 Å². The van der Waals surface area contributed by atoms with Gasteiger partial charge in [0.05, 0.1) is 34.5 Å². The summed E-state index contributed by atoms with van der Waals surface area (Å²) in [6.07, 6.45) is 7.88. The van der Waals surface area contributed by atoms with Crippen molar-refractivity contribution in [2.24, 2.45) is 5.92 Å². The van der Waals surface area contributed by atoms with E-state index >= 15 is 0 Å². The second-order valence-corrected chi connectivity index (χ2v) is 22.5. The summed E-state index contributed by atoms with van der Waals surface area (Å²) < 4.78 is 130.